The summed E-state index contributed by atoms with van der Waals surface area (Å²) in [5, 5.41) is 6.04. The molecule has 2 aromatic heterocycles. The Balaban J connectivity index is 1.85. The molecule has 3 aromatic rings. The van der Waals surface area contributed by atoms with Gasteiger partial charge < -0.3 is 10.1 Å². The number of rotatable bonds is 5. The second kappa shape index (κ2) is 5.88. The van der Waals surface area contributed by atoms with E-state index in [2.05, 4.69) is 20.4 Å². The standard InChI is InChI=1S/C15H17N5O2/c1-3-11-8-13(21)20-15(17-11)18-14(19-20)16-9-10-6-4-5-7-12(10)22-2/h4-8H,3,9H2,1-2H3,(H2,16,17,18,19). The van der Waals surface area contributed by atoms with Crippen molar-refractivity contribution in [3.05, 3.63) is 51.9 Å². The number of hydrogen-bond acceptors (Lipinski definition) is 5. The molecule has 0 saturated heterocycles. The Labute approximate surface area is 127 Å². The number of nitrogens with one attached hydrogen (secondary N) is 2. The highest BCUT2D eigenvalue weighted by molar-refractivity contribution is 5.40. The molecule has 114 valence electrons. The first-order valence-corrected chi connectivity index (χ1v) is 7.05. The molecule has 3 rings (SSSR count). The van der Waals surface area contributed by atoms with Gasteiger partial charge in [0.2, 0.25) is 5.95 Å². The maximum atomic E-state index is 12.0. The van der Waals surface area contributed by atoms with Crippen molar-refractivity contribution < 1.29 is 4.74 Å². The highest BCUT2D eigenvalue weighted by Crippen LogP contribution is 2.18. The van der Waals surface area contributed by atoms with Gasteiger partial charge in [0.1, 0.15) is 5.75 Å². The topological polar surface area (TPSA) is 84.3 Å². The molecule has 0 spiro atoms. The number of nitrogens with zero attached hydrogens (tertiary/aromatic N) is 3. The lowest BCUT2D eigenvalue weighted by Crippen LogP contribution is -2.15. The summed E-state index contributed by atoms with van der Waals surface area (Å²) in [7, 11) is 1.63. The van der Waals surface area contributed by atoms with Crippen LogP contribution in [0.3, 0.4) is 0 Å². The number of aromatic nitrogens is 4. The van der Waals surface area contributed by atoms with Crippen molar-refractivity contribution in [1.29, 1.82) is 0 Å². The lowest BCUT2D eigenvalue weighted by Gasteiger charge is -2.08. The van der Waals surface area contributed by atoms with Crippen LogP contribution in [0.25, 0.3) is 5.78 Å². The fraction of sp³-hybridized carbons (Fsp3) is 0.267. The summed E-state index contributed by atoms with van der Waals surface area (Å²) < 4.78 is 6.63. The minimum absolute atomic E-state index is 0.167. The van der Waals surface area contributed by atoms with E-state index in [1.165, 1.54) is 10.6 Å². The molecule has 0 aliphatic carbocycles. The fourth-order valence-electron chi connectivity index (χ4n) is 2.22. The lowest BCUT2D eigenvalue weighted by atomic mass is 10.2. The van der Waals surface area contributed by atoms with Crippen molar-refractivity contribution in [3.63, 3.8) is 0 Å². The Morgan fingerprint density at radius 3 is 2.91 bits per heavy atom. The Hall–Kier alpha value is -2.83. The van der Waals surface area contributed by atoms with Crippen LogP contribution in [0.4, 0.5) is 5.95 Å². The first-order valence-electron chi connectivity index (χ1n) is 7.05. The smallest absolute Gasteiger partial charge is 0.274 e. The van der Waals surface area contributed by atoms with Crippen molar-refractivity contribution >= 4 is 11.7 Å². The van der Waals surface area contributed by atoms with Crippen LogP contribution in [0, 0.1) is 0 Å². The molecule has 0 bridgehead atoms. The summed E-state index contributed by atoms with van der Waals surface area (Å²) >= 11 is 0. The molecule has 0 fully saturated rings. The second-order valence-electron chi connectivity index (χ2n) is 4.81. The van der Waals surface area contributed by atoms with E-state index in [1.54, 1.807) is 7.11 Å². The van der Waals surface area contributed by atoms with Gasteiger partial charge in [-0.25, -0.2) is 4.98 Å². The molecule has 0 aliphatic heterocycles. The quantitative estimate of drug-likeness (QED) is 0.747. The third-order valence-corrected chi connectivity index (χ3v) is 3.38. The first-order chi connectivity index (χ1) is 10.7. The van der Waals surface area contributed by atoms with Crippen molar-refractivity contribution in [3.8, 4) is 5.75 Å². The minimum Gasteiger partial charge on any atom is -0.496 e. The molecule has 0 atom stereocenters. The highest BCUT2D eigenvalue weighted by atomic mass is 16.5. The summed E-state index contributed by atoms with van der Waals surface area (Å²) in [6.07, 6.45) is 0.697. The molecule has 7 nitrogen and oxygen atoms in total. The number of aryl methyl sites for hydroxylation is 1. The predicted molar refractivity (Wildman–Crippen MR) is 83.3 cm³/mol. The summed E-state index contributed by atoms with van der Waals surface area (Å²) in [4.78, 5) is 20.6. The van der Waals surface area contributed by atoms with Crippen LogP contribution in [0.15, 0.2) is 35.1 Å². The highest BCUT2D eigenvalue weighted by Gasteiger charge is 2.08. The van der Waals surface area contributed by atoms with Crippen LogP contribution in [0.5, 0.6) is 5.75 Å². The summed E-state index contributed by atoms with van der Waals surface area (Å²) in [6, 6.07) is 9.23. The zero-order valence-corrected chi connectivity index (χ0v) is 12.5. The average molecular weight is 299 g/mol. The van der Waals surface area contributed by atoms with E-state index in [-0.39, 0.29) is 5.56 Å². The lowest BCUT2D eigenvalue weighted by molar-refractivity contribution is 0.410. The average Bonchev–Trinajstić information content (AvgIpc) is 2.96. The monoisotopic (exact) mass is 299 g/mol. The van der Waals surface area contributed by atoms with Crippen molar-refractivity contribution in [2.75, 3.05) is 12.4 Å². The van der Waals surface area contributed by atoms with Crippen molar-refractivity contribution in [2.24, 2.45) is 0 Å². The zero-order chi connectivity index (χ0) is 15.5. The van der Waals surface area contributed by atoms with Gasteiger partial charge >= 0.3 is 0 Å². The summed E-state index contributed by atoms with van der Waals surface area (Å²) in [5.74, 6) is 1.66. The molecule has 0 radical (unpaired) electrons. The van der Waals surface area contributed by atoms with Gasteiger partial charge in [-0.1, -0.05) is 25.1 Å². The second-order valence-corrected chi connectivity index (χ2v) is 4.81. The minimum atomic E-state index is -0.167. The van der Waals surface area contributed by atoms with Gasteiger partial charge in [-0.05, 0) is 12.5 Å². The number of anilines is 1. The molecule has 0 aliphatic rings. The molecule has 0 amide bonds. The van der Waals surface area contributed by atoms with Crippen LogP contribution >= 0.6 is 0 Å². The van der Waals surface area contributed by atoms with Gasteiger partial charge in [0.15, 0.2) is 0 Å². The third-order valence-electron chi connectivity index (χ3n) is 3.38. The van der Waals surface area contributed by atoms with Crippen LogP contribution < -0.4 is 15.6 Å². The Bertz CT molecular complexity index is 853. The molecular formula is C15H17N5O2. The third kappa shape index (κ3) is 2.65. The molecular weight excluding hydrogens is 282 g/mol. The SMILES string of the molecule is CCc1cc(=O)n2[nH]c(NCc3ccccc3OC)nc2n1. The Morgan fingerprint density at radius 2 is 2.14 bits per heavy atom. The number of hydrogen-bond donors (Lipinski definition) is 2. The molecule has 22 heavy (non-hydrogen) atoms. The molecule has 0 unspecified atom stereocenters. The van der Waals surface area contributed by atoms with E-state index >= 15 is 0 Å². The number of fused-ring (bicyclic) bond motifs is 1. The van der Waals surface area contributed by atoms with Gasteiger partial charge in [-0.15, -0.1) is 0 Å². The van der Waals surface area contributed by atoms with E-state index in [1.807, 2.05) is 31.2 Å². The number of ether oxygens (including phenoxy) is 1. The number of benzene rings is 1. The van der Waals surface area contributed by atoms with Crippen LogP contribution in [0.2, 0.25) is 0 Å². The normalized spacial score (nSPS) is 10.8. The molecule has 2 N–H and O–H groups in total. The maximum absolute atomic E-state index is 12.0. The largest absolute Gasteiger partial charge is 0.496 e. The number of H-pyrrole nitrogens is 1. The zero-order valence-electron chi connectivity index (χ0n) is 12.5. The van der Waals surface area contributed by atoms with Gasteiger partial charge in [0.25, 0.3) is 11.3 Å². The number of para-hydroxylation sites is 1. The van der Waals surface area contributed by atoms with E-state index in [4.69, 9.17) is 4.74 Å². The molecule has 7 heteroatoms. The fourth-order valence-corrected chi connectivity index (χ4v) is 2.22. The summed E-state index contributed by atoms with van der Waals surface area (Å²) in [5.41, 5.74) is 1.56. The van der Waals surface area contributed by atoms with Crippen LogP contribution in [-0.2, 0) is 13.0 Å². The molecule has 1 aromatic carbocycles. The molecule has 0 saturated carbocycles. The van der Waals surface area contributed by atoms with E-state index in [0.29, 0.717) is 24.7 Å². The first kappa shape index (κ1) is 14.1. The van der Waals surface area contributed by atoms with Crippen molar-refractivity contribution in [2.45, 2.75) is 19.9 Å². The summed E-state index contributed by atoms with van der Waals surface area (Å²) in [6.45, 7) is 2.48. The van der Waals surface area contributed by atoms with E-state index in [0.717, 1.165) is 17.0 Å². The number of aromatic amines is 1. The van der Waals surface area contributed by atoms with Crippen LogP contribution in [0.1, 0.15) is 18.2 Å². The predicted octanol–water partition coefficient (Wildman–Crippen LogP) is 1.60. The van der Waals surface area contributed by atoms with E-state index < -0.39 is 0 Å². The van der Waals surface area contributed by atoms with Crippen LogP contribution in [-0.4, -0.2) is 26.7 Å². The number of methoxy groups -OCH3 is 1. The van der Waals surface area contributed by atoms with Crippen molar-refractivity contribution in [1.82, 2.24) is 19.6 Å². The molecule has 2 heterocycles. The van der Waals surface area contributed by atoms with E-state index in [9.17, 15) is 4.79 Å². The van der Waals surface area contributed by atoms with Gasteiger partial charge in [0, 0.05) is 23.9 Å². The Morgan fingerprint density at radius 1 is 1.32 bits per heavy atom. The van der Waals surface area contributed by atoms with Gasteiger partial charge in [-0.2, -0.15) is 9.50 Å². The van der Waals surface area contributed by atoms with Gasteiger partial charge in [0.05, 0.1) is 7.11 Å². The Kier molecular flexibility index (Phi) is 3.78. The van der Waals surface area contributed by atoms with Gasteiger partial charge in [-0.3, -0.25) is 9.89 Å². The maximum Gasteiger partial charge on any atom is 0.274 e.